The highest BCUT2D eigenvalue weighted by Gasteiger charge is 2.32. The Kier molecular flexibility index (Phi) is 28.2. The molecule has 0 saturated heterocycles. The summed E-state index contributed by atoms with van der Waals surface area (Å²) in [7, 11) is 8.75. The van der Waals surface area contributed by atoms with Crippen LogP contribution < -0.4 is 18.3 Å². The van der Waals surface area contributed by atoms with Crippen LogP contribution in [0, 0.1) is 77.0 Å². The Morgan fingerprint density at radius 3 is 0.927 bits per heavy atom. The predicted molar refractivity (Wildman–Crippen MR) is 530 cm³/mol. The van der Waals surface area contributed by atoms with Gasteiger partial charge in [-0.3, -0.25) is 0 Å². The van der Waals surface area contributed by atoms with Crippen molar-refractivity contribution in [3.8, 4) is 45.0 Å². The van der Waals surface area contributed by atoms with E-state index in [0.717, 1.165) is 43.4 Å². The van der Waals surface area contributed by atoms with Crippen molar-refractivity contribution in [2.75, 3.05) is 0 Å². The summed E-state index contributed by atoms with van der Waals surface area (Å²) in [6, 6.07) is 61.9. The van der Waals surface area contributed by atoms with Crippen molar-refractivity contribution in [2.24, 2.45) is 49.9 Å². The molecule has 5 aliphatic carbocycles. The number of aryl methyl sites for hydroxylation is 6. The van der Waals surface area contributed by atoms with Crippen molar-refractivity contribution < 1.29 is 19.6 Å². The fourth-order valence-electron chi connectivity index (χ4n) is 22.2. The zero-order valence-electron chi connectivity index (χ0n) is 81.4. The molecule has 0 bridgehead atoms. The lowest BCUT2D eigenvalue weighted by Crippen LogP contribution is -2.35. The van der Waals surface area contributed by atoms with E-state index in [1.165, 1.54) is 301 Å². The molecule has 0 N–H and O–H groups in total. The number of rotatable bonds is 13. The van der Waals surface area contributed by atoms with Gasteiger partial charge in [-0.25, -0.2) is 4.57 Å². The normalized spacial score (nSPS) is 16.1. The van der Waals surface area contributed by atoms with Crippen molar-refractivity contribution in [1.29, 1.82) is 0 Å². The highest BCUT2D eigenvalue weighted by Crippen LogP contribution is 2.47. The zero-order valence-corrected chi connectivity index (χ0v) is 80.4. The SMILES string of the molecule is C.Cc1cc(C2CCCC2)cc(-c2c3ccc(CC(C)(C)C)cc3cc(C)[n+]2C)c1C.Cc1ccc(C2CCCC2)cc1-c1c2ccc(CC(C)(C)C)cc2cc(C)[n+]1C.Cc1ccc(C2CCCCC2)cc1-c1c2ccc(CC(C)(C)C)cc2cc(C)[n+]1C.[2H]c1cc2cc(CC(C)(C)C)ccc2c(-c2cc(C3CCCC3)cc(C3CCCC3)c2C)[n+]1C. The number of fused-ring (bicyclic) bond motifs is 4. The van der Waals surface area contributed by atoms with E-state index < -0.39 is 0 Å². The molecule has 5 aliphatic rings. The van der Waals surface area contributed by atoms with E-state index in [1.54, 1.807) is 16.7 Å². The van der Waals surface area contributed by atoms with Crippen LogP contribution in [0.15, 0.2) is 164 Å². The molecule has 12 aromatic rings. The molecule has 4 heterocycles. The first kappa shape index (κ1) is 90.6. The van der Waals surface area contributed by atoms with E-state index >= 15 is 0 Å². The number of benzene rings is 8. The van der Waals surface area contributed by atoms with Crippen molar-refractivity contribution in [2.45, 2.75) is 336 Å². The van der Waals surface area contributed by atoms with Crippen LogP contribution >= 0.6 is 0 Å². The quantitative estimate of drug-likeness (QED) is 0.102. The maximum atomic E-state index is 8.82. The molecule has 650 valence electrons. The molecular formula is C119H158N4+4. The van der Waals surface area contributed by atoms with E-state index in [2.05, 4.69) is 343 Å². The van der Waals surface area contributed by atoms with Crippen LogP contribution in [0.5, 0.6) is 0 Å². The standard InChI is InChI=1S/C32H42N.2C29H38N.C28H36N.CH4/c1-22-29(25-12-8-9-13-25)19-27(24-10-6-7-11-24)20-30(22)31-28-15-14-23(21-32(2,3)4)18-26(28)16-17-33(31)5;1-19-14-24(23-10-8-9-11-23)17-27(21(19)3)28-26-13-12-22(18-29(4,5)6)16-25(26)15-20(2)30(28)7;1-20-12-14-24(23-10-8-7-9-11-23)18-27(20)28-26-15-13-22(19-29(3,4)5)17-25(26)16-21(2)30(28)6;1-19-11-13-23(22-9-7-8-10-22)17-26(19)27-25-14-12-21(18-28(3,4)5)16-24(25)15-20(2)29(27)6;/h14-20,24-25H,6-13,21H2,1-5H3;12-17,23H,8-11,18H2,1-7H3;12-18,23H,7-11,19H2,1-6H3;11-17,22H,7-10,18H2,1-6H3;1H4/q4*+1;/i17D;;;;. The van der Waals surface area contributed by atoms with Gasteiger partial charge in [0, 0.05) is 56.2 Å². The number of hydrogen-bond acceptors (Lipinski definition) is 0. The monoisotopic (exact) mass is 1640 g/mol. The Bertz CT molecular complexity index is 5840. The maximum Gasteiger partial charge on any atom is 0.220 e. The molecule has 5 saturated carbocycles. The van der Waals surface area contributed by atoms with Gasteiger partial charge in [-0.05, 0) is 324 Å². The van der Waals surface area contributed by atoms with Crippen molar-refractivity contribution in [1.82, 2.24) is 0 Å². The molecule has 17 rings (SSSR count). The zero-order chi connectivity index (χ0) is 87.9. The van der Waals surface area contributed by atoms with Gasteiger partial charge < -0.3 is 0 Å². The Balaban J connectivity index is 0.000000142. The molecule has 0 aliphatic heterocycles. The van der Waals surface area contributed by atoms with E-state index in [-0.39, 0.29) is 12.8 Å². The second kappa shape index (κ2) is 38.3. The summed E-state index contributed by atoms with van der Waals surface area (Å²) in [5, 5.41) is 10.7. The summed E-state index contributed by atoms with van der Waals surface area (Å²) in [5.41, 5.74) is 36.4. The molecule has 0 unspecified atom stereocenters. The first-order valence-electron chi connectivity index (χ1n) is 48.5. The molecule has 0 amide bonds. The van der Waals surface area contributed by atoms with Crippen molar-refractivity contribution in [3.05, 3.63) is 259 Å². The number of pyridine rings is 4. The Labute approximate surface area is 747 Å². The molecule has 4 nitrogen and oxygen atoms in total. The minimum atomic E-state index is 0. The first-order chi connectivity index (χ1) is 58.3. The van der Waals surface area contributed by atoms with Crippen LogP contribution in [-0.2, 0) is 53.9 Å². The Morgan fingerprint density at radius 2 is 0.569 bits per heavy atom. The lowest BCUT2D eigenvalue weighted by Gasteiger charge is -2.23. The molecule has 0 spiro atoms. The van der Waals surface area contributed by atoms with Crippen LogP contribution in [0.2, 0.25) is 0 Å². The van der Waals surface area contributed by atoms with E-state index in [1.807, 2.05) is 0 Å². The first-order valence-corrected chi connectivity index (χ1v) is 48.0. The van der Waals surface area contributed by atoms with Crippen LogP contribution in [0.4, 0.5) is 0 Å². The smallest absolute Gasteiger partial charge is 0.200 e. The highest BCUT2D eigenvalue weighted by atomic mass is 15.0. The third-order valence-corrected chi connectivity index (χ3v) is 28.9. The van der Waals surface area contributed by atoms with Crippen molar-refractivity contribution in [3.63, 3.8) is 0 Å². The van der Waals surface area contributed by atoms with Gasteiger partial charge in [0.25, 0.3) is 0 Å². The van der Waals surface area contributed by atoms with Crippen LogP contribution in [-0.4, -0.2) is 0 Å². The van der Waals surface area contributed by atoms with Gasteiger partial charge in [-0.1, -0.05) is 246 Å². The average Bonchev–Trinajstić information content (AvgIpc) is 0.828. The third kappa shape index (κ3) is 21.7. The summed E-state index contributed by atoms with van der Waals surface area (Å²) in [4.78, 5) is 0. The second-order valence-electron chi connectivity index (χ2n) is 44.1. The topological polar surface area (TPSA) is 15.5 Å². The van der Waals surface area contributed by atoms with Gasteiger partial charge in [-0.15, -0.1) is 0 Å². The van der Waals surface area contributed by atoms with E-state index in [0.29, 0.717) is 34.3 Å². The van der Waals surface area contributed by atoms with Crippen molar-refractivity contribution >= 4 is 43.1 Å². The third-order valence-electron chi connectivity index (χ3n) is 28.9. The molecule has 4 heteroatoms. The number of aromatic nitrogens is 4. The second-order valence-corrected chi connectivity index (χ2v) is 44.1. The van der Waals surface area contributed by atoms with Gasteiger partial charge in [0.05, 0.1) is 32.7 Å². The van der Waals surface area contributed by atoms with Gasteiger partial charge >= 0.3 is 0 Å². The molecule has 0 atom stereocenters. The number of nitrogens with zero attached hydrogens (tertiary/aromatic N) is 4. The fraction of sp³-hybridized carbons (Fsp3) is 0.496. The predicted octanol–water partition coefficient (Wildman–Crippen LogP) is 31.5. The summed E-state index contributed by atoms with van der Waals surface area (Å²) >= 11 is 0. The van der Waals surface area contributed by atoms with Gasteiger partial charge in [-0.2, -0.15) is 13.7 Å². The lowest BCUT2D eigenvalue weighted by atomic mass is 9.82. The molecular weight excluding hydrogens is 1490 g/mol. The van der Waals surface area contributed by atoms with Gasteiger partial charge in [0.2, 0.25) is 22.8 Å². The summed E-state index contributed by atoms with van der Waals surface area (Å²) in [6.07, 6.45) is 33.5. The fourth-order valence-corrected chi connectivity index (χ4v) is 22.2. The average molecular weight is 1650 g/mol. The molecule has 123 heavy (non-hydrogen) atoms. The summed E-state index contributed by atoms with van der Waals surface area (Å²) < 4.78 is 18.1. The van der Waals surface area contributed by atoms with Crippen LogP contribution in [0.3, 0.4) is 0 Å². The molecule has 8 aromatic carbocycles. The summed E-state index contributed by atoms with van der Waals surface area (Å²) in [5.74, 6) is 3.62. The number of hydrogen-bond donors (Lipinski definition) is 0. The van der Waals surface area contributed by atoms with Gasteiger partial charge in [0.1, 0.15) is 29.6 Å². The van der Waals surface area contributed by atoms with Crippen LogP contribution in [0.1, 0.15) is 351 Å². The lowest BCUT2D eigenvalue weighted by molar-refractivity contribution is -0.665. The maximum absolute atomic E-state index is 8.82. The molecule has 0 radical (unpaired) electrons. The Hall–Kier alpha value is -8.60. The van der Waals surface area contributed by atoms with Crippen LogP contribution in [0.25, 0.3) is 88.1 Å². The van der Waals surface area contributed by atoms with E-state index in [4.69, 9.17) is 1.37 Å². The van der Waals surface area contributed by atoms with Gasteiger partial charge in [0.15, 0.2) is 23.3 Å². The molecule has 5 fully saturated rings. The highest BCUT2D eigenvalue weighted by molar-refractivity contribution is 5.98. The minimum absolute atomic E-state index is 0. The summed E-state index contributed by atoms with van der Waals surface area (Å²) in [6.45, 7) is 45.9. The Morgan fingerprint density at radius 1 is 0.276 bits per heavy atom. The van der Waals surface area contributed by atoms with E-state index in [9.17, 15) is 0 Å². The largest absolute Gasteiger partial charge is 0.220 e. The molecule has 4 aromatic heterocycles. The minimum Gasteiger partial charge on any atom is -0.200 e.